The molecule has 0 spiro atoms. The van der Waals surface area contributed by atoms with Crippen LogP contribution in [0.1, 0.15) is 54.2 Å². The standard InChI is InChI=1S/C23H26N2O3S/c1-5-7-16-10-13-19-20(14-16)29-23(25(19)18(6-2)22(27)28-4)24-21(26)17-11-8-15(3)9-12-17/h8-14,18H,5-7H2,1-4H3. The molecule has 1 heterocycles. The van der Waals surface area contributed by atoms with E-state index in [0.29, 0.717) is 16.8 Å². The number of carbonyl (C=O) groups is 2. The van der Waals surface area contributed by atoms with E-state index >= 15 is 0 Å². The number of aromatic nitrogens is 1. The maximum Gasteiger partial charge on any atom is 0.328 e. The van der Waals surface area contributed by atoms with Crippen molar-refractivity contribution < 1.29 is 14.3 Å². The molecule has 152 valence electrons. The number of esters is 1. The van der Waals surface area contributed by atoms with Gasteiger partial charge in [-0.2, -0.15) is 4.99 Å². The van der Waals surface area contributed by atoms with Crippen molar-refractivity contribution in [1.82, 2.24) is 4.57 Å². The molecule has 0 aliphatic heterocycles. The first-order valence-corrected chi connectivity index (χ1v) is 10.7. The summed E-state index contributed by atoms with van der Waals surface area (Å²) in [5.41, 5.74) is 3.73. The van der Waals surface area contributed by atoms with Crippen LogP contribution >= 0.6 is 11.3 Å². The van der Waals surface area contributed by atoms with E-state index in [0.717, 1.165) is 28.6 Å². The molecule has 0 N–H and O–H groups in total. The molecule has 3 aromatic rings. The van der Waals surface area contributed by atoms with E-state index in [9.17, 15) is 9.59 Å². The molecule has 5 nitrogen and oxygen atoms in total. The van der Waals surface area contributed by atoms with Gasteiger partial charge in [-0.15, -0.1) is 0 Å². The van der Waals surface area contributed by atoms with Gasteiger partial charge in [0.25, 0.3) is 5.91 Å². The van der Waals surface area contributed by atoms with Crippen molar-refractivity contribution in [1.29, 1.82) is 0 Å². The number of carbonyl (C=O) groups excluding carboxylic acids is 2. The van der Waals surface area contributed by atoms with E-state index in [-0.39, 0.29) is 11.9 Å². The van der Waals surface area contributed by atoms with Gasteiger partial charge in [0, 0.05) is 5.56 Å². The van der Waals surface area contributed by atoms with Crippen molar-refractivity contribution in [3.63, 3.8) is 0 Å². The van der Waals surface area contributed by atoms with Crippen LogP contribution < -0.4 is 4.80 Å². The van der Waals surface area contributed by atoms with Gasteiger partial charge in [0.2, 0.25) is 0 Å². The molecule has 29 heavy (non-hydrogen) atoms. The van der Waals surface area contributed by atoms with Crippen molar-refractivity contribution in [2.45, 2.75) is 46.1 Å². The van der Waals surface area contributed by atoms with Crippen molar-refractivity contribution in [2.24, 2.45) is 4.99 Å². The lowest BCUT2D eigenvalue weighted by Gasteiger charge is -2.15. The average Bonchev–Trinajstić information content (AvgIpc) is 3.06. The molecule has 0 saturated heterocycles. The molecule has 0 radical (unpaired) electrons. The molecule has 1 unspecified atom stereocenters. The molecule has 0 bridgehead atoms. The molecular formula is C23H26N2O3S. The number of benzene rings is 2. The number of rotatable bonds is 6. The molecule has 1 atom stereocenters. The lowest BCUT2D eigenvalue weighted by molar-refractivity contribution is -0.144. The highest BCUT2D eigenvalue weighted by molar-refractivity contribution is 7.16. The summed E-state index contributed by atoms with van der Waals surface area (Å²) in [4.78, 5) is 30.1. The van der Waals surface area contributed by atoms with Gasteiger partial charge in [-0.05, 0) is 49.6 Å². The molecule has 0 fully saturated rings. The summed E-state index contributed by atoms with van der Waals surface area (Å²) in [6.45, 7) is 6.04. The highest BCUT2D eigenvalue weighted by atomic mass is 32.1. The molecule has 2 aromatic carbocycles. The number of thiazole rings is 1. The summed E-state index contributed by atoms with van der Waals surface area (Å²) in [7, 11) is 1.38. The van der Waals surface area contributed by atoms with E-state index in [1.807, 2.05) is 36.6 Å². The van der Waals surface area contributed by atoms with Crippen LogP contribution in [0, 0.1) is 6.92 Å². The smallest absolute Gasteiger partial charge is 0.328 e. The molecule has 0 saturated carbocycles. The molecule has 1 aromatic heterocycles. The fraction of sp³-hybridized carbons (Fsp3) is 0.348. The van der Waals surface area contributed by atoms with Gasteiger partial charge in [0.1, 0.15) is 6.04 Å². The SMILES string of the molecule is CCCc1ccc2c(c1)sc(=NC(=O)c1ccc(C)cc1)n2C(CC)C(=O)OC. The number of aryl methyl sites for hydroxylation is 2. The van der Waals surface area contributed by atoms with Gasteiger partial charge in [-0.3, -0.25) is 4.79 Å². The summed E-state index contributed by atoms with van der Waals surface area (Å²) in [6, 6.07) is 13.0. The van der Waals surface area contributed by atoms with Crippen molar-refractivity contribution >= 4 is 33.4 Å². The number of hydrogen-bond acceptors (Lipinski definition) is 4. The molecule has 3 rings (SSSR count). The number of amides is 1. The van der Waals surface area contributed by atoms with E-state index in [1.54, 1.807) is 12.1 Å². The second-order valence-electron chi connectivity index (χ2n) is 7.04. The van der Waals surface area contributed by atoms with Crippen molar-refractivity contribution in [3.8, 4) is 0 Å². The van der Waals surface area contributed by atoms with Crippen LogP contribution in [-0.2, 0) is 16.0 Å². The van der Waals surface area contributed by atoms with Crippen LogP contribution in [0.3, 0.4) is 0 Å². The van der Waals surface area contributed by atoms with E-state index in [2.05, 4.69) is 24.0 Å². The largest absolute Gasteiger partial charge is 0.467 e. The topological polar surface area (TPSA) is 60.7 Å². The highest BCUT2D eigenvalue weighted by Crippen LogP contribution is 2.25. The van der Waals surface area contributed by atoms with E-state index < -0.39 is 6.04 Å². The quantitative estimate of drug-likeness (QED) is 0.547. The van der Waals surface area contributed by atoms with Crippen LogP contribution in [0.5, 0.6) is 0 Å². The predicted octanol–water partition coefficient (Wildman–Crippen LogP) is 4.83. The number of nitrogens with zero attached hydrogens (tertiary/aromatic N) is 2. The summed E-state index contributed by atoms with van der Waals surface area (Å²) < 4.78 is 7.86. The van der Waals surface area contributed by atoms with Gasteiger partial charge in [-0.1, -0.05) is 55.4 Å². The second-order valence-corrected chi connectivity index (χ2v) is 8.05. The molecule has 1 amide bonds. The maximum atomic E-state index is 12.8. The third kappa shape index (κ3) is 4.48. The van der Waals surface area contributed by atoms with Crippen molar-refractivity contribution in [2.75, 3.05) is 7.11 Å². The molecule has 0 aliphatic carbocycles. The average molecular weight is 411 g/mol. The third-order valence-corrected chi connectivity index (χ3v) is 5.91. The zero-order chi connectivity index (χ0) is 21.0. The third-order valence-electron chi connectivity index (χ3n) is 4.90. The Morgan fingerprint density at radius 2 is 1.86 bits per heavy atom. The van der Waals surface area contributed by atoms with Gasteiger partial charge in [-0.25, -0.2) is 4.79 Å². The Bertz CT molecular complexity index is 1090. The van der Waals surface area contributed by atoms with Gasteiger partial charge < -0.3 is 9.30 Å². The Labute approximate surface area is 174 Å². The van der Waals surface area contributed by atoms with Gasteiger partial charge in [0.05, 0.1) is 17.3 Å². The summed E-state index contributed by atoms with van der Waals surface area (Å²) in [5.74, 6) is -0.659. The molecule has 6 heteroatoms. The van der Waals surface area contributed by atoms with E-state index in [4.69, 9.17) is 4.74 Å². The first-order chi connectivity index (χ1) is 14.0. The Hall–Kier alpha value is -2.73. The molecular weight excluding hydrogens is 384 g/mol. The Morgan fingerprint density at radius 1 is 1.14 bits per heavy atom. The number of methoxy groups -OCH3 is 1. The zero-order valence-corrected chi connectivity index (χ0v) is 18.1. The summed E-state index contributed by atoms with van der Waals surface area (Å²) >= 11 is 1.43. The second kappa shape index (κ2) is 9.18. The van der Waals surface area contributed by atoms with E-state index in [1.165, 1.54) is 24.0 Å². The van der Waals surface area contributed by atoms with Crippen molar-refractivity contribution in [3.05, 3.63) is 64.0 Å². The fourth-order valence-electron chi connectivity index (χ4n) is 3.35. The lowest BCUT2D eigenvalue weighted by atomic mass is 10.1. The Kier molecular flexibility index (Phi) is 6.64. The minimum Gasteiger partial charge on any atom is -0.467 e. The first-order valence-electron chi connectivity index (χ1n) is 9.86. The normalized spacial score (nSPS) is 12.9. The Morgan fingerprint density at radius 3 is 2.48 bits per heavy atom. The van der Waals surface area contributed by atoms with Crippen LogP contribution in [-0.4, -0.2) is 23.6 Å². The monoisotopic (exact) mass is 410 g/mol. The highest BCUT2D eigenvalue weighted by Gasteiger charge is 2.23. The summed E-state index contributed by atoms with van der Waals surface area (Å²) in [5, 5.41) is 0. The van der Waals surface area contributed by atoms with Crippen LogP contribution in [0.25, 0.3) is 10.2 Å². The minimum absolute atomic E-state index is 0.321. The first kappa shape index (κ1) is 21.0. The fourth-order valence-corrected chi connectivity index (χ4v) is 4.48. The maximum absolute atomic E-state index is 12.8. The van der Waals surface area contributed by atoms with Crippen LogP contribution in [0.15, 0.2) is 47.5 Å². The molecule has 0 aliphatic rings. The number of ether oxygens (including phenoxy) is 1. The summed E-state index contributed by atoms with van der Waals surface area (Å²) in [6.07, 6.45) is 2.58. The number of fused-ring (bicyclic) bond motifs is 1. The zero-order valence-electron chi connectivity index (χ0n) is 17.3. The van der Waals surface area contributed by atoms with Gasteiger partial charge >= 0.3 is 5.97 Å². The number of hydrogen-bond donors (Lipinski definition) is 0. The predicted molar refractivity (Wildman–Crippen MR) is 116 cm³/mol. The van der Waals surface area contributed by atoms with Crippen LogP contribution in [0.2, 0.25) is 0 Å². The van der Waals surface area contributed by atoms with Crippen LogP contribution in [0.4, 0.5) is 0 Å². The Balaban J connectivity index is 2.20. The lowest BCUT2D eigenvalue weighted by Crippen LogP contribution is -2.28. The van der Waals surface area contributed by atoms with Gasteiger partial charge in [0.15, 0.2) is 4.80 Å². The minimum atomic E-state index is -0.532.